The van der Waals surface area contributed by atoms with Crippen LogP contribution in [0, 0.1) is 6.92 Å². The van der Waals surface area contributed by atoms with Gasteiger partial charge in [-0.25, -0.2) is 24.5 Å². The Labute approximate surface area is 237 Å². The zero-order valence-electron chi connectivity index (χ0n) is 23.4. The maximum absolute atomic E-state index is 13.8. The summed E-state index contributed by atoms with van der Waals surface area (Å²) in [5, 5.41) is 0.333. The van der Waals surface area contributed by atoms with Crippen molar-refractivity contribution in [1.29, 1.82) is 0 Å². The van der Waals surface area contributed by atoms with Crippen molar-refractivity contribution < 1.29 is 28.5 Å². The Morgan fingerprint density at radius 2 is 1.80 bits per heavy atom. The summed E-state index contributed by atoms with van der Waals surface area (Å²) in [7, 11) is 3.05. The molecule has 2 heterocycles. The van der Waals surface area contributed by atoms with Crippen molar-refractivity contribution in [2.75, 3.05) is 25.7 Å². The predicted octanol–water partition coefficient (Wildman–Crippen LogP) is 6.51. The third-order valence-electron chi connectivity index (χ3n) is 5.82. The molecule has 0 saturated heterocycles. The summed E-state index contributed by atoms with van der Waals surface area (Å²) in [6.45, 7) is 9.14. The lowest BCUT2D eigenvalue weighted by molar-refractivity contribution is -0.137. The van der Waals surface area contributed by atoms with Crippen molar-refractivity contribution in [3.05, 3.63) is 59.0 Å². The molecule has 0 aliphatic rings. The second-order valence-electron chi connectivity index (χ2n) is 9.77. The molecule has 0 fully saturated rings. The normalized spacial score (nSPS) is 11.7. The van der Waals surface area contributed by atoms with E-state index in [0.717, 1.165) is 5.56 Å². The van der Waals surface area contributed by atoms with Gasteiger partial charge in [-0.1, -0.05) is 23.7 Å². The molecule has 4 rings (SSSR count). The summed E-state index contributed by atoms with van der Waals surface area (Å²) in [6, 6.07) is 8.78. The molecule has 0 radical (unpaired) electrons. The third kappa shape index (κ3) is 5.67. The number of ether oxygens (including phenoxy) is 4. The van der Waals surface area contributed by atoms with Crippen LogP contribution in [0.15, 0.2) is 42.6 Å². The van der Waals surface area contributed by atoms with E-state index in [1.54, 1.807) is 62.6 Å². The quantitative estimate of drug-likeness (QED) is 0.184. The Morgan fingerprint density at radius 3 is 2.42 bits per heavy atom. The van der Waals surface area contributed by atoms with Crippen molar-refractivity contribution in [3.8, 4) is 11.5 Å². The van der Waals surface area contributed by atoms with Crippen LogP contribution >= 0.6 is 11.6 Å². The molecule has 40 heavy (non-hydrogen) atoms. The molecular formula is C29H31ClN4O6. The van der Waals surface area contributed by atoms with Gasteiger partial charge >= 0.3 is 12.1 Å². The van der Waals surface area contributed by atoms with Gasteiger partial charge in [0.15, 0.2) is 17.3 Å². The van der Waals surface area contributed by atoms with Crippen LogP contribution in [0.3, 0.4) is 0 Å². The molecule has 0 unspecified atom stereocenters. The molecule has 1 amide bonds. The number of imidazole rings is 1. The number of amides is 1. The Morgan fingerprint density at radius 1 is 1.10 bits per heavy atom. The lowest BCUT2D eigenvalue weighted by Gasteiger charge is -2.29. The number of rotatable bonds is 7. The van der Waals surface area contributed by atoms with E-state index >= 15 is 0 Å². The molecule has 2 aromatic carbocycles. The van der Waals surface area contributed by atoms with E-state index in [0.29, 0.717) is 44.6 Å². The van der Waals surface area contributed by atoms with Gasteiger partial charge in [-0.05, 0) is 52.3 Å². The van der Waals surface area contributed by atoms with Crippen molar-refractivity contribution in [3.63, 3.8) is 0 Å². The molecule has 0 aliphatic heterocycles. The minimum atomic E-state index is -0.804. The Hall–Kier alpha value is -4.31. The summed E-state index contributed by atoms with van der Waals surface area (Å²) < 4.78 is 23.7. The highest BCUT2D eigenvalue weighted by atomic mass is 35.5. The second kappa shape index (κ2) is 11.4. The van der Waals surface area contributed by atoms with Gasteiger partial charge in [-0.2, -0.15) is 0 Å². The van der Waals surface area contributed by atoms with Crippen molar-refractivity contribution in [2.45, 2.75) is 40.2 Å². The van der Waals surface area contributed by atoms with Crippen LogP contribution in [-0.2, 0) is 14.3 Å². The molecule has 11 heteroatoms. The minimum Gasteiger partial charge on any atom is -0.493 e. The number of anilines is 2. The lowest BCUT2D eigenvalue weighted by Crippen LogP contribution is -2.35. The van der Waals surface area contributed by atoms with Gasteiger partial charge in [0.25, 0.3) is 0 Å². The molecule has 0 saturated carbocycles. The number of para-hydroxylation sites is 1. The zero-order chi connectivity index (χ0) is 29.2. The number of aryl methyl sites for hydroxylation is 1. The number of hydrogen-bond acceptors (Lipinski definition) is 8. The molecular weight excluding hydrogens is 536 g/mol. The van der Waals surface area contributed by atoms with Gasteiger partial charge in [0.1, 0.15) is 16.9 Å². The third-order valence-corrected chi connectivity index (χ3v) is 6.13. The average molecular weight is 567 g/mol. The number of esters is 1. The summed E-state index contributed by atoms with van der Waals surface area (Å²) in [4.78, 5) is 36.7. The molecule has 0 atom stereocenters. The smallest absolute Gasteiger partial charge is 0.420 e. The molecule has 0 aliphatic carbocycles. The first kappa shape index (κ1) is 28.7. The topological polar surface area (TPSA) is 104 Å². The summed E-state index contributed by atoms with van der Waals surface area (Å²) in [5.41, 5.74) is 1.85. The number of benzene rings is 2. The van der Waals surface area contributed by atoms with Gasteiger partial charge in [0.05, 0.1) is 48.8 Å². The summed E-state index contributed by atoms with van der Waals surface area (Å²) >= 11 is 6.67. The first-order valence-corrected chi connectivity index (χ1v) is 12.9. The molecule has 4 aromatic rings. The molecule has 2 aromatic heterocycles. The Kier molecular flexibility index (Phi) is 8.20. The standard InChI is InChI=1S/C29H31ClN4O6/c1-8-39-25(35)13-12-24-31-16-21-27(32-19-14-22(37-6)23(38-7)15-20(19)33(21)24)34(28(36)40-29(3,4)5)26-17(2)10-9-11-18(26)30/h9-16H,8H2,1-7H3. The number of hydrogen-bond donors (Lipinski definition) is 0. The fourth-order valence-electron chi connectivity index (χ4n) is 4.19. The van der Waals surface area contributed by atoms with Crippen molar-refractivity contribution in [1.82, 2.24) is 14.4 Å². The van der Waals surface area contributed by atoms with E-state index in [-0.39, 0.29) is 12.4 Å². The number of carbonyl (C=O) groups excluding carboxylic acids is 2. The lowest BCUT2D eigenvalue weighted by atomic mass is 10.1. The van der Waals surface area contributed by atoms with Gasteiger partial charge < -0.3 is 18.9 Å². The van der Waals surface area contributed by atoms with E-state index in [1.807, 2.05) is 13.0 Å². The number of methoxy groups -OCH3 is 2. The number of carbonyl (C=O) groups is 2. The summed E-state index contributed by atoms with van der Waals surface area (Å²) in [5.74, 6) is 0.997. The summed E-state index contributed by atoms with van der Waals surface area (Å²) in [6.07, 6.45) is 3.70. The number of nitrogens with zero attached hydrogens (tertiary/aromatic N) is 4. The fraction of sp³-hybridized carbons (Fsp3) is 0.310. The SMILES string of the molecule is CCOC(=O)C=Cc1ncc2c(N(C(=O)OC(C)(C)C)c3c(C)cccc3Cl)nc3cc(OC)c(OC)cc3n12. The molecule has 210 valence electrons. The van der Waals surface area contributed by atoms with Crippen LogP contribution in [0.5, 0.6) is 11.5 Å². The highest BCUT2D eigenvalue weighted by Gasteiger charge is 2.31. The molecule has 0 bridgehead atoms. The van der Waals surface area contributed by atoms with Crippen LogP contribution < -0.4 is 14.4 Å². The monoisotopic (exact) mass is 566 g/mol. The van der Waals surface area contributed by atoms with Crippen molar-refractivity contribution in [2.24, 2.45) is 0 Å². The van der Waals surface area contributed by atoms with Gasteiger partial charge in [0.2, 0.25) is 0 Å². The number of halogens is 1. The first-order valence-electron chi connectivity index (χ1n) is 12.5. The molecule has 10 nitrogen and oxygen atoms in total. The van der Waals surface area contributed by atoms with Crippen LogP contribution in [0.4, 0.5) is 16.3 Å². The van der Waals surface area contributed by atoms with Gasteiger partial charge in [0, 0.05) is 18.2 Å². The van der Waals surface area contributed by atoms with Crippen LogP contribution in [-0.4, -0.2) is 52.9 Å². The largest absolute Gasteiger partial charge is 0.493 e. The van der Waals surface area contributed by atoms with Gasteiger partial charge in [-0.15, -0.1) is 0 Å². The van der Waals surface area contributed by atoms with Crippen LogP contribution in [0.1, 0.15) is 39.1 Å². The Bertz CT molecular complexity index is 1600. The molecule has 0 spiro atoms. The van der Waals surface area contributed by atoms with Gasteiger partial charge in [-0.3, -0.25) is 4.40 Å². The van der Waals surface area contributed by atoms with Crippen LogP contribution in [0.2, 0.25) is 5.02 Å². The van der Waals surface area contributed by atoms with Crippen LogP contribution in [0.25, 0.3) is 22.6 Å². The van der Waals surface area contributed by atoms with E-state index in [1.165, 1.54) is 31.3 Å². The first-order chi connectivity index (χ1) is 19.0. The van der Waals surface area contributed by atoms with E-state index in [2.05, 4.69) is 4.98 Å². The van der Waals surface area contributed by atoms with E-state index < -0.39 is 17.7 Å². The number of aromatic nitrogens is 3. The fourth-order valence-corrected chi connectivity index (χ4v) is 4.49. The highest BCUT2D eigenvalue weighted by Crippen LogP contribution is 2.40. The number of fused-ring (bicyclic) bond motifs is 3. The maximum Gasteiger partial charge on any atom is 0.420 e. The maximum atomic E-state index is 13.8. The Balaban J connectivity index is 2.10. The second-order valence-corrected chi connectivity index (χ2v) is 10.2. The predicted molar refractivity (Wildman–Crippen MR) is 154 cm³/mol. The zero-order valence-corrected chi connectivity index (χ0v) is 24.2. The minimum absolute atomic E-state index is 0.216. The van der Waals surface area contributed by atoms with E-state index in [4.69, 9.17) is 35.5 Å². The average Bonchev–Trinajstić information content (AvgIpc) is 3.32. The van der Waals surface area contributed by atoms with E-state index in [9.17, 15) is 9.59 Å². The highest BCUT2D eigenvalue weighted by molar-refractivity contribution is 6.34. The van der Waals surface area contributed by atoms with Crippen molar-refractivity contribution >= 4 is 57.8 Å². The molecule has 0 N–H and O–H groups in total.